The number of hydrogen-bond donors (Lipinski definition) is 1. The third-order valence-electron chi connectivity index (χ3n) is 4.05. The molecule has 0 saturated heterocycles. The lowest BCUT2D eigenvalue weighted by molar-refractivity contribution is -0.119. The van der Waals surface area contributed by atoms with Gasteiger partial charge in [-0.15, -0.1) is 6.58 Å². The number of fused-ring (bicyclic) bond motifs is 1. The van der Waals surface area contributed by atoms with E-state index < -0.39 is 47.6 Å². The van der Waals surface area contributed by atoms with Crippen LogP contribution in [0.25, 0.3) is 0 Å². The van der Waals surface area contributed by atoms with Crippen molar-refractivity contribution in [3.63, 3.8) is 0 Å². The number of carbonyl (C=O) groups excluding carboxylic acids is 4. The summed E-state index contributed by atoms with van der Waals surface area (Å²) in [4.78, 5) is 49.4. The van der Waals surface area contributed by atoms with Gasteiger partial charge in [0, 0.05) is 12.6 Å². The molecule has 0 spiro atoms. The van der Waals surface area contributed by atoms with Crippen molar-refractivity contribution in [2.75, 3.05) is 18.5 Å². The molecule has 3 amide bonds. The van der Waals surface area contributed by atoms with Crippen molar-refractivity contribution in [2.45, 2.75) is 0 Å². The molecule has 1 heterocycles. The molecule has 0 aromatic heterocycles. The minimum Gasteiger partial charge on any atom is -0.452 e. The summed E-state index contributed by atoms with van der Waals surface area (Å²) in [7, 11) is 0. The Morgan fingerprint density at radius 2 is 1.79 bits per heavy atom. The molecule has 2 aromatic rings. The lowest BCUT2D eigenvalue weighted by Crippen LogP contribution is -2.29. The fourth-order valence-electron chi connectivity index (χ4n) is 2.71. The third kappa shape index (κ3) is 4.03. The van der Waals surface area contributed by atoms with Crippen LogP contribution in [0.5, 0.6) is 0 Å². The van der Waals surface area contributed by atoms with E-state index in [4.69, 9.17) is 4.74 Å². The van der Waals surface area contributed by atoms with Crippen LogP contribution in [0, 0.1) is 11.6 Å². The van der Waals surface area contributed by atoms with Gasteiger partial charge >= 0.3 is 5.97 Å². The van der Waals surface area contributed by atoms with Gasteiger partial charge in [0.05, 0.1) is 22.4 Å². The van der Waals surface area contributed by atoms with Gasteiger partial charge in [-0.1, -0.05) is 6.08 Å². The lowest BCUT2D eigenvalue weighted by atomic mass is 10.1. The molecule has 0 atom stereocenters. The summed E-state index contributed by atoms with van der Waals surface area (Å²) in [6.07, 6.45) is 1.40. The van der Waals surface area contributed by atoms with Gasteiger partial charge in [0.2, 0.25) is 0 Å². The number of halogens is 2. The second kappa shape index (κ2) is 8.01. The fraction of sp³-hybridized carbons (Fsp3) is 0.100. The van der Waals surface area contributed by atoms with Crippen LogP contribution < -0.4 is 5.32 Å². The molecule has 0 fully saturated rings. The molecule has 0 radical (unpaired) electrons. The predicted molar refractivity (Wildman–Crippen MR) is 97.3 cm³/mol. The molecule has 9 heteroatoms. The molecule has 1 aliphatic heterocycles. The average molecular weight is 400 g/mol. The Morgan fingerprint density at radius 3 is 2.52 bits per heavy atom. The maximum Gasteiger partial charge on any atom is 0.338 e. The van der Waals surface area contributed by atoms with Crippen LogP contribution >= 0.6 is 0 Å². The molecule has 1 N–H and O–H groups in total. The molecule has 148 valence electrons. The standard InChI is InChI=1S/C20H14F2N2O5/c1-2-7-24-18(26)13-5-3-11(8-14(13)19(24)27)20(28)29-10-17(25)23-16-9-12(21)4-6-15(16)22/h2-6,8-9H,1,7,10H2,(H,23,25). The second-order valence-electron chi connectivity index (χ2n) is 6.02. The van der Waals surface area contributed by atoms with Crippen LogP contribution in [0.2, 0.25) is 0 Å². The van der Waals surface area contributed by atoms with Crippen molar-refractivity contribution in [3.8, 4) is 0 Å². The minimum atomic E-state index is -0.926. The number of benzene rings is 2. The molecular weight excluding hydrogens is 386 g/mol. The highest BCUT2D eigenvalue weighted by atomic mass is 19.1. The zero-order chi connectivity index (χ0) is 21.1. The van der Waals surface area contributed by atoms with E-state index in [0.717, 1.165) is 23.1 Å². The molecule has 29 heavy (non-hydrogen) atoms. The highest BCUT2D eigenvalue weighted by Gasteiger charge is 2.35. The first-order chi connectivity index (χ1) is 13.8. The van der Waals surface area contributed by atoms with E-state index in [1.54, 1.807) is 0 Å². The summed E-state index contributed by atoms with van der Waals surface area (Å²) >= 11 is 0. The van der Waals surface area contributed by atoms with E-state index in [1.165, 1.54) is 24.3 Å². The number of imide groups is 1. The fourth-order valence-corrected chi connectivity index (χ4v) is 2.71. The number of ether oxygens (including phenoxy) is 1. The molecular formula is C20H14F2N2O5. The smallest absolute Gasteiger partial charge is 0.338 e. The number of amides is 3. The van der Waals surface area contributed by atoms with Crippen molar-refractivity contribution in [1.82, 2.24) is 4.90 Å². The highest BCUT2D eigenvalue weighted by Crippen LogP contribution is 2.24. The van der Waals surface area contributed by atoms with Gasteiger partial charge in [-0.3, -0.25) is 19.3 Å². The molecule has 2 aromatic carbocycles. The predicted octanol–water partition coefficient (Wildman–Crippen LogP) is 2.54. The summed E-state index contributed by atoms with van der Waals surface area (Å²) in [6, 6.07) is 6.32. The maximum atomic E-state index is 13.5. The van der Waals surface area contributed by atoms with Crippen LogP contribution in [-0.2, 0) is 9.53 Å². The zero-order valence-corrected chi connectivity index (χ0v) is 14.9. The molecule has 1 aliphatic rings. The molecule has 3 rings (SSSR count). The Bertz CT molecular complexity index is 1050. The molecule has 0 bridgehead atoms. The first-order valence-electron chi connectivity index (χ1n) is 8.35. The van der Waals surface area contributed by atoms with Crippen LogP contribution in [-0.4, -0.2) is 41.7 Å². The van der Waals surface area contributed by atoms with E-state index in [0.29, 0.717) is 0 Å². The first-order valence-corrected chi connectivity index (χ1v) is 8.35. The van der Waals surface area contributed by atoms with Gasteiger partial charge in [0.15, 0.2) is 6.61 Å². The molecule has 0 saturated carbocycles. The molecule has 7 nitrogen and oxygen atoms in total. The van der Waals surface area contributed by atoms with Gasteiger partial charge in [-0.2, -0.15) is 0 Å². The Kier molecular flexibility index (Phi) is 5.49. The number of esters is 1. The Morgan fingerprint density at radius 1 is 1.07 bits per heavy atom. The largest absolute Gasteiger partial charge is 0.452 e. The average Bonchev–Trinajstić information content (AvgIpc) is 2.93. The van der Waals surface area contributed by atoms with Gasteiger partial charge in [-0.05, 0) is 30.3 Å². The Balaban J connectivity index is 1.66. The third-order valence-corrected chi connectivity index (χ3v) is 4.05. The quantitative estimate of drug-likeness (QED) is 0.457. The first kappa shape index (κ1) is 19.9. The summed E-state index contributed by atoms with van der Waals surface area (Å²) < 4.78 is 31.5. The molecule has 0 aliphatic carbocycles. The number of nitrogens with zero attached hydrogens (tertiary/aromatic N) is 1. The monoisotopic (exact) mass is 400 g/mol. The number of nitrogens with one attached hydrogen (secondary N) is 1. The van der Waals surface area contributed by atoms with Crippen molar-refractivity contribution < 1.29 is 32.7 Å². The Hall–Kier alpha value is -3.88. The van der Waals surface area contributed by atoms with Crippen LogP contribution in [0.3, 0.4) is 0 Å². The SMILES string of the molecule is C=CCN1C(=O)c2ccc(C(=O)OCC(=O)Nc3cc(F)ccc3F)cc2C1=O. The van der Waals surface area contributed by atoms with Gasteiger partial charge in [-0.25, -0.2) is 13.6 Å². The summed E-state index contributed by atoms with van der Waals surface area (Å²) in [5, 5.41) is 2.09. The van der Waals surface area contributed by atoms with Crippen molar-refractivity contribution >= 4 is 29.4 Å². The lowest BCUT2D eigenvalue weighted by Gasteiger charge is -2.09. The van der Waals surface area contributed by atoms with Crippen LogP contribution in [0.4, 0.5) is 14.5 Å². The number of rotatable bonds is 6. The van der Waals surface area contributed by atoms with Gasteiger partial charge in [0.1, 0.15) is 11.6 Å². The van der Waals surface area contributed by atoms with E-state index in [9.17, 15) is 28.0 Å². The summed E-state index contributed by atoms with van der Waals surface area (Å²) in [6.45, 7) is 2.75. The van der Waals surface area contributed by atoms with E-state index in [-0.39, 0.29) is 23.2 Å². The van der Waals surface area contributed by atoms with Gasteiger partial charge in [0.25, 0.3) is 17.7 Å². The van der Waals surface area contributed by atoms with Crippen molar-refractivity contribution in [2.24, 2.45) is 0 Å². The number of anilines is 1. The topological polar surface area (TPSA) is 92.8 Å². The number of carbonyl (C=O) groups is 4. The zero-order valence-electron chi connectivity index (χ0n) is 14.9. The highest BCUT2D eigenvalue weighted by molar-refractivity contribution is 6.22. The van der Waals surface area contributed by atoms with E-state index in [2.05, 4.69) is 11.9 Å². The van der Waals surface area contributed by atoms with E-state index in [1.807, 2.05) is 0 Å². The molecule has 0 unspecified atom stereocenters. The maximum absolute atomic E-state index is 13.5. The number of hydrogen-bond acceptors (Lipinski definition) is 5. The normalized spacial score (nSPS) is 12.6. The summed E-state index contributed by atoms with van der Waals surface area (Å²) in [5.74, 6) is -4.48. The van der Waals surface area contributed by atoms with Crippen LogP contribution in [0.15, 0.2) is 49.1 Å². The van der Waals surface area contributed by atoms with Crippen LogP contribution in [0.1, 0.15) is 31.1 Å². The van der Waals surface area contributed by atoms with E-state index >= 15 is 0 Å². The second-order valence-corrected chi connectivity index (χ2v) is 6.02. The minimum absolute atomic E-state index is 0.0307. The van der Waals surface area contributed by atoms with Crippen molar-refractivity contribution in [3.05, 3.63) is 77.4 Å². The van der Waals surface area contributed by atoms with Crippen molar-refractivity contribution in [1.29, 1.82) is 0 Å². The Labute approximate surface area is 163 Å². The van der Waals surface area contributed by atoms with Gasteiger partial charge < -0.3 is 10.1 Å². The summed E-state index contributed by atoms with van der Waals surface area (Å²) in [5.41, 5.74) is -0.254.